The van der Waals surface area contributed by atoms with Gasteiger partial charge in [-0.25, -0.2) is 9.78 Å². The molecule has 0 aromatic carbocycles. The van der Waals surface area contributed by atoms with Gasteiger partial charge in [-0.2, -0.15) is 8.75 Å². The molecular weight excluding hydrogens is 490 g/mol. The van der Waals surface area contributed by atoms with Crippen molar-refractivity contribution in [2.45, 2.75) is 30.0 Å². The summed E-state index contributed by atoms with van der Waals surface area (Å²) in [5, 5.41) is 25.0. The molecule has 2 aromatic heterocycles. The number of thioether (sulfide) groups is 1. The molecule has 2 amide bonds. The summed E-state index contributed by atoms with van der Waals surface area (Å²) in [5.74, 6) is -2.73. The molecule has 16 heteroatoms. The normalized spacial score (nSPS) is 21.0. The number of carbonyl (C=O) groups excluding carboxylic acids is 2. The first-order valence-electron chi connectivity index (χ1n) is 8.51. The van der Waals surface area contributed by atoms with Gasteiger partial charge >= 0.3 is 5.97 Å². The van der Waals surface area contributed by atoms with Gasteiger partial charge in [-0.05, 0) is 12.8 Å². The number of anilines is 1. The van der Waals surface area contributed by atoms with Gasteiger partial charge in [0.2, 0.25) is 0 Å². The predicted molar refractivity (Wildman–Crippen MR) is 112 cm³/mol. The largest absolute Gasteiger partial charge is 0.477 e. The molecule has 1 saturated heterocycles. The van der Waals surface area contributed by atoms with E-state index in [1.54, 1.807) is 0 Å². The number of carboxylic acids is 1. The van der Waals surface area contributed by atoms with Crippen molar-refractivity contribution in [1.82, 2.24) is 23.9 Å². The van der Waals surface area contributed by atoms with Crippen molar-refractivity contribution >= 4 is 75.1 Å². The molecule has 2 aliphatic heterocycles. The highest BCUT2D eigenvalue weighted by molar-refractivity contribution is 8.03. The van der Waals surface area contributed by atoms with E-state index in [9.17, 15) is 24.7 Å². The van der Waals surface area contributed by atoms with Crippen LogP contribution in [-0.4, -0.2) is 64.5 Å². The number of aromatic nitrogens is 3. The molecule has 1 unspecified atom stereocenters. The lowest BCUT2D eigenvalue weighted by molar-refractivity contribution is -0.155. The zero-order chi connectivity index (χ0) is 22.3. The van der Waals surface area contributed by atoms with Crippen LogP contribution in [0.1, 0.15) is 18.5 Å². The second-order valence-electron chi connectivity index (χ2n) is 6.31. The minimum Gasteiger partial charge on any atom is -0.477 e. The standard InChI is InChI=1S/C15H12ClN7O5S3/c16-11-8(20-15(17)30-11)9(21-28)12(24)19-7-4-1-2-5(29-6-3-18-31-22-6)10(14(26)27)23(4)13(7)25/h3-4,7,28H,1-2H2,(H2,17,20)(H,19,24)(H,26,27)/b21-9-/t4-,7?/m1/s1. The number of oxime groups is 1. The second kappa shape index (κ2) is 8.41. The van der Waals surface area contributed by atoms with Gasteiger partial charge in [-0.3, -0.25) is 14.5 Å². The van der Waals surface area contributed by atoms with Gasteiger partial charge in [0.05, 0.1) is 24.0 Å². The van der Waals surface area contributed by atoms with Gasteiger partial charge < -0.3 is 21.4 Å². The number of aliphatic carboxylic acids is 1. The minimum atomic E-state index is -1.25. The third kappa shape index (κ3) is 3.84. The van der Waals surface area contributed by atoms with Crippen LogP contribution in [0, 0.1) is 0 Å². The average molecular weight is 502 g/mol. The average Bonchev–Trinajstić information content (AvgIpc) is 3.35. The van der Waals surface area contributed by atoms with Crippen LogP contribution in [0.15, 0.2) is 27.0 Å². The highest BCUT2D eigenvalue weighted by Gasteiger charge is 2.54. The lowest BCUT2D eigenvalue weighted by Crippen LogP contribution is -2.72. The Labute approximate surface area is 191 Å². The number of halogens is 1. The maximum absolute atomic E-state index is 12.7. The molecular formula is C15H12ClN7O5S3. The maximum Gasteiger partial charge on any atom is 0.353 e. The Morgan fingerprint density at radius 2 is 2.23 bits per heavy atom. The lowest BCUT2D eigenvalue weighted by atomic mass is 9.86. The highest BCUT2D eigenvalue weighted by Crippen LogP contribution is 2.42. The Bertz CT molecular complexity index is 1130. The van der Waals surface area contributed by atoms with E-state index in [2.05, 4.69) is 24.2 Å². The van der Waals surface area contributed by atoms with Crippen molar-refractivity contribution < 1.29 is 24.7 Å². The van der Waals surface area contributed by atoms with Crippen molar-refractivity contribution in [3.05, 3.63) is 26.8 Å². The fourth-order valence-corrected chi connectivity index (χ4v) is 5.75. The van der Waals surface area contributed by atoms with Crippen molar-refractivity contribution in [2.24, 2.45) is 5.16 Å². The van der Waals surface area contributed by atoms with Gasteiger partial charge in [-0.1, -0.05) is 39.9 Å². The summed E-state index contributed by atoms with van der Waals surface area (Å²) in [4.78, 5) is 42.7. The Morgan fingerprint density at radius 1 is 1.45 bits per heavy atom. The smallest absolute Gasteiger partial charge is 0.353 e. The number of nitrogens with zero attached hydrogens (tertiary/aromatic N) is 5. The van der Waals surface area contributed by atoms with Crippen LogP contribution in [0.4, 0.5) is 5.13 Å². The second-order valence-corrected chi connectivity index (χ2v) is 9.62. The monoisotopic (exact) mass is 501 g/mol. The number of rotatable bonds is 6. The summed E-state index contributed by atoms with van der Waals surface area (Å²) in [5.41, 5.74) is 4.79. The van der Waals surface area contributed by atoms with Crippen LogP contribution < -0.4 is 11.1 Å². The number of carbonyl (C=O) groups is 3. The number of nitrogen functional groups attached to an aromatic ring is 1. The van der Waals surface area contributed by atoms with E-state index in [-0.39, 0.29) is 20.9 Å². The molecule has 4 rings (SSSR count). The van der Waals surface area contributed by atoms with Crippen LogP contribution in [0.3, 0.4) is 0 Å². The third-order valence-corrected chi connectivity index (χ3v) is 7.32. The Kier molecular flexibility index (Phi) is 5.83. The fraction of sp³-hybridized carbons (Fsp3) is 0.267. The molecule has 0 aliphatic carbocycles. The number of allylic oxidation sites excluding steroid dienone is 1. The summed E-state index contributed by atoms with van der Waals surface area (Å²) in [6, 6.07) is -1.54. The van der Waals surface area contributed by atoms with Crippen molar-refractivity contribution in [3.63, 3.8) is 0 Å². The molecule has 0 bridgehead atoms. The summed E-state index contributed by atoms with van der Waals surface area (Å²) >= 11 is 8.99. The van der Waals surface area contributed by atoms with Crippen molar-refractivity contribution in [1.29, 1.82) is 0 Å². The molecule has 2 atom stereocenters. The first kappa shape index (κ1) is 21.5. The highest BCUT2D eigenvalue weighted by atomic mass is 35.5. The lowest BCUT2D eigenvalue weighted by Gasteiger charge is -2.50. The number of β-lactam (4-membered cyclic amide) rings is 1. The van der Waals surface area contributed by atoms with Gasteiger partial charge in [0.1, 0.15) is 26.8 Å². The first-order chi connectivity index (χ1) is 14.8. The quantitative estimate of drug-likeness (QED) is 0.192. The SMILES string of the molecule is Nc1nc(/C(=N/O)C(=O)NC2C(=O)N3C(C(=O)O)=C(Sc4cnsn4)CC[C@H]23)c(Cl)s1. The predicted octanol–water partition coefficient (Wildman–Crippen LogP) is 0.986. The number of thiazole rings is 1. The Balaban J connectivity index is 1.53. The molecule has 2 aromatic rings. The molecule has 0 radical (unpaired) electrons. The molecule has 0 spiro atoms. The molecule has 2 aliphatic rings. The van der Waals surface area contributed by atoms with Gasteiger partial charge in [0.25, 0.3) is 11.8 Å². The van der Waals surface area contributed by atoms with Gasteiger partial charge in [-0.15, -0.1) is 0 Å². The van der Waals surface area contributed by atoms with Crippen LogP contribution >= 0.6 is 46.4 Å². The van der Waals surface area contributed by atoms with E-state index in [0.29, 0.717) is 22.8 Å². The number of hydrogen-bond donors (Lipinski definition) is 4. The van der Waals surface area contributed by atoms with E-state index < -0.39 is 35.6 Å². The zero-order valence-electron chi connectivity index (χ0n) is 15.2. The molecule has 12 nitrogen and oxygen atoms in total. The van der Waals surface area contributed by atoms with E-state index in [0.717, 1.165) is 39.7 Å². The van der Waals surface area contributed by atoms with Crippen LogP contribution in [0.25, 0.3) is 0 Å². The first-order valence-corrected chi connectivity index (χ1v) is 11.3. The molecule has 162 valence electrons. The van der Waals surface area contributed by atoms with E-state index in [1.807, 2.05) is 0 Å². The van der Waals surface area contributed by atoms with Crippen LogP contribution in [0.2, 0.25) is 4.34 Å². The van der Waals surface area contributed by atoms with E-state index >= 15 is 0 Å². The summed E-state index contributed by atoms with van der Waals surface area (Å²) in [6.45, 7) is 0. The van der Waals surface area contributed by atoms with Crippen molar-refractivity contribution in [2.75, 3.05) is 5.73 Å². The minimum absolute atomic E-state index is 0.0500. The maximum atomic E-state index is 12.7. The number of nitrogens with two attached hydrogens (primary N) is 1. The Morgan fingerprint density at radius 3 is 2.81 bits per heavy atom. The van der Waals surface area contributed by atoms with Crippen LogP contribution in [0.5, 0.6) is 0 Å². The van der Waals surface area contributed by atoms with E-state index in [1.165, 1.54) is 6.20 Å². The van der Waals surface area contributed by atoms with Gasteiger partial charge in [0, 0.05) is 4.91 Å². The fourth-order valence-electron chi connectivity index (χ4n) is 3.33. The molecule has 31 heavy (non-hydrogen) atoms. The third-order valence-electron chi connectivity index (χ3n) is 4.59. The molecule has 5 N–H and O–H groups in total. The van der Waals surface area contributed by atoms with Gasteiger partial charge in [0.15, 0.2) is 10.8 Å². The van der Waals surface area contributed by atoms with Crippen molar-refractivity contribution in [3.8, 4) is 0 Å². The topological polar surface area (TPSA) is 184 Å². The number of hydrogen-bond acceptors (Lipinski definition) is 12. The number of carboxylic acid groups (broad SMARTS) is 1. The zero-order valence-corrected chi connectivity index (χ0v) is 18.4. The summed E-state index contributed by atoms with van der Waals surface area (Å²) < 4.78 is 7.98. The summed E-state index contributed by atoms with van der Waals surface area (Å²) in [6.07, 6.45) is 2.31. The molecule has 4 heterocycles. The van der Waals surface area contributed by atoms with E-state index in [4.69, 9.17) is 17.3 Å². The molecule has 1 fully saturated rings. The Hall–Kier alpha value is -2.75. The molecule has 0 saturated carbocycles. The number of fused-ring (bicyclic) bond motifs is 1. The number of nitrogens with one attached hydrogen (secondary N) is 1. The number of amides is 2. The van der Waals surface area contributed by atoms with Crippen LogP contribution in [-0.2, 0) is 14.4 Å². The summed E-state index contributed by atoms with van der Waals surface area (Å²) in [7, 11) is 0.